The van der Waals surface area contributed by atoms with E-state index in [-0.39, 0.29) is 22.2 Å². The molecule has 37 heavy (non-hydrogen) atoms. The molecular formula is C30H42N2O4S. The number of thioether (sulfide) groups is 1. The molecule has 10 atom stereocenters. The normalized spacial score (nSPS) is 46.8. The number of nitrogens with zero attached hydrogens (tertiary/aromatic N) is 2. The van der Waals surface area contributed by atoms with Crippen LogP contribution in [-0.4, -0.2) is 55.1 Å². The van der Waals surface area contributed by atoms with Crippen molar-refractivity contribution in [3.63, 3.8) is 0 Å². The summed E-state index contributed by atoms with van der Waals surface area (Å²) in [6, 6.07) is 5.38. The second-order valence-corrected chi connectivity index (χ2v) is 14.4. The van der Waals surface area contributed by atoms with Crippen LogP contribution in [0.5, 0.6) is 0 Å². The standard InChI is InChI=1S/C30H42N2O4S/c1-19-3-5-25(21-9-13-35-15-21)31-23(19)7-11-29(27(31)33)17-30(37-18-29)12-8-24-20(2)4-6-26(32(24)28(30)34)22-10-14-36-16-22/h9-10,13-16,19-20,23-28,33-34H,3-8,11-12,17-18H2,1-2H3/t19-,20-,23+,24+,25+,26+,27-,28+,29+,30+/m1/s1. The maximum absolute atomic E-state index is 12.2. The number of rotatable bonds is 2. The lowest BCUT2D eigenvalue weighted by Crippen LogP contribution is -2.64. The lowest BCUT2D eigenvalue weighted by molar-refractivity contribution is -0.191. The summed E-state index contributed by atoms with van der Waals surface area (Å²) in [5.74, 6) is 2.10. The summed E-state index contributed by atoms with van der Waals surface area (Å²) in [5.41, 5.74) is 2.20. The van der Waals surface area contributed by atoms with Gasteiger partial charge in [0, 0.05) is 46.5 Å². The van der Waals surface area contributed by atoms with E-state index in [0.717, 1.165) is 50.7 Å². The number of fused-ring (bicyclic) bond motifs is 2. The Morgan fingerprint density at radius 2 is 1.35 bits per heavy atom. The molecule has 0 radical (unpaired) electrons. The number of piperidine rings is 4. The molecule has 2 aromatic heterocycles. The molecule has 5 saturated heterocycles. The maximum atomic E-state index is 12.2. The molecule has 0 aliphatic carbocycles. The van der Waals surface area contributed by atoms with E-state index in [1.54, 1.807) is 12.5 Å². The minimum Gasteiger partial charge on any atom is -0.472 e. The summed E-state index contributed by atoms with van der Waals surface area (Å²) in [7, 11) is 0. The molecule has 2 N–H and O–H groups in total. The van der Waals surface area contributed by atoms with Gasteiger partial charge in [0.25, 0.3) is 0 Å². The Kier molecular flexibility index (Phi) is 6.13. The lowest BCUT2D eigenvalue weighted by Gasteiger charge is -2.58. The quantitative estimate of drug-likeness (QED) is 0.501. The van der Waals surface area contributed by atoms with Gasteiger partial charge in [-0.25, -0.2) is 0 Å². The van der Waals surface area contributed by atoms with Gasteiger partial charge in [0.1, 0.15) is 12.5 Å². The Morgan fingerprint density at radius 1 is 0.784 bits per heavy atom. The van der Waals surface area contributed by atoms with Gasteiger partial charge < -0.3 is 19.0 Å². The fourth-order valence-electron chi connectivity index (χ4n) is 9.06. The number of aliphatic hydroxyl groups is 2. The molecule has 5 fully saturated rings. The van der Waals surface area contributed by atoms with E-state index in [4.69, 9.17) is 8.83 Å². The average molecular weight is 527 g/mol. The summed E-state index contributed by atoms with van der Waals surface area (Å²) >= 11 is 1.96. The van der Waals surface area contributed by atoms with Crippen LogP contribution < -0.4 is 0 Å². The van der Waals surface area contributed by atoms with Crippen LogP contribution in [0.2, 0.25) is 0 Å². The van der Waals surface area contributed by atoms with Crippen molar-refractivity contribution < 1.29 is 19.0 Å². The van der Waals surface area contributed by atoms with Crippen LogP contribution in [0, 0.1) is 17.3 Å². The van der Waals surface area contributed by atoms with Crippen molar-refractivity contribution in [3.8, 4) is 0 Å². The van der Waals surface area contributed by atoms with E-state index in [0.29, 0.717) is 23.9 Å². The van der Waals surface area contributed by atoms with Gasteiger partial charge in [-0.1, -0.05) is 13.8 Å². The van der Waals surface area contributed by atoms with E-state index in [1.807, 2.05) is 24.3 Å². The Morgan fingerprint density at radius 3 is 1.92 bits per heavy atom. The summed E-state index contributed by atoms with van der Waals surface area (Å²) in [6.07, 6.45) is 16.0. The minimum absolute atomic E-state index is 0.180. The van der Waals surface area contributed by atoms with Crippen LogP contribution in [0.25, 0.3) is 0 Å². The van der Waals surface area contributed by atoms with Crippen LogP contribution in [0.4, 0.5) is 0 Å². The number of hydrogen-bond acceptors (Lipinski definition) is 7. The van der Waals surface area contributed by atoms with Gasteiger partial charge in [0.2, 0.25) is 0 Å². The highest BCUT2D eigenvalue weighted by Gasteiger charge is 2.63. The number of hydrogen-bond donors (Lipinski definition) is 2. The van der Waals surface area contributed by atoms with Gasteiger partial charge in [-0.05, 0) is 81.8 Å². The summed E-state index contributed by atoms with van der Waals surface area (Å²) in [6.45, 7) is 4.72. The highest BCUT2D eigenvalue weighted by molar-refractivity contribution is 8.01. The first-order valence-corrected chi connectivity index (χ1v) is 15.5. The molecule has 7 heterocycles. The molecule has 202 valence electrons. The molecule has 2 spiro atoms. The van der Waals surface area contributed by atoms with Gasteiger partial charge in [0.15, 0.2) is 0 Å². The SMILES string of the molecule is C[C@@H]1CC[C@@H](c2ccoc2)N2[C@@H](O)[C@]3(CC[C@@H]12)C[C@@]1(CC[C@H]2[C@H](C)CC[C@@H](c4ccoc4)N2[C@@H]1O)CS3. The van der Waals surface area contributed by atoms with E-state index in [9.17, 15) is 10.2 Å². The fourth-order valence-corrected chi connectivity index (χ4v) is 11.0. The van der Waals surface area contributed by atoms with Crippen LogP contribution in [0.3, 0.4) is 0 Å². The third-order valence-electron chi connectivity index (χ3n) is 11.1. The zero-order chi connectivity index (χ0) is 25.4. The zero-order valence-electron chi connectivity index (χ0n) is 22.2. The maximum Gasteiger partial charge on any atom is 0.122 e. The second kappa shape index (κ2) is 9.16. The summed E-state index contributed by atoms with van der Waals surface area (Å²) in [4.78, 5) is 4.90. The van der Waals surface area contributed by atoms with Crippen LogP contribution in [0.15, 0.2) is 46.0 Å². The molecule has 2 aromatic rings. The Balaban J connectivity index is 1.18. The Labute approximate surface area is 224 Å². The smallest absolute Gasteiger partial charge is 0.122 e. The summed E-state index contributed by atoms with van der Waals surface area (Å²) < 4.78 is 10.7. The minimum atomic E-state index is -0.506. The first kappa shape index (κ1) is 24.8. The van der Waals surface area contributed by atoms with Crippen molar-refractivity contribution >= 4 is 11.8 Å². The molecular weight excluding hydrogens is 484 g/mol. The highest BCUT2D eigenvalue weighted by Crippen LogP contribution is 2.63. The van der Waals surface area contributed by atoms with Gasteiger partial charge in [-0.3, -0.25) is 9.80 Å². The second-order valence-electron chi connectivity index (χ2n) is 13.0. The zero-order valence-corrected chi connectivity index (χ0v) is 23.0. The van der Waals surface area contributed by atoms with Crippen molar-refractivity contribution in [2.75, 3.05) is 5.75 Å². The van der Waals surface area contributed by atoms with Crippen molar-refractivity contribution in [1.82, 2.24) is 9.80 Å². The van der Waals surface area contributed by atoms with E-state index >= 15 is 0 Å². The Hall–Kier alpha value is -1.25. The van der Waals surface area contributed by atoms with Crippen molar-refractivity contribution in [2.45, 2.75) is 113 Å². The third-order valence-corrected chi connectivity index (χ3v) is 13.0. The predicted molar refractivity (Wildman–Crippen MR) is 144 cm³/mol. The van der Waals surface area contributed by atoms with E-state index in [1.165, 1.54) is 24.0 Å². The molecule has 0 aromatic carbocycles. The lowest BCUT2D eigenvalue weighted by atomic mass is 9.65. The van der Waals surface area contributed by atoms with Gasteiger partial charge in [-0.2, -0.15) is 11.8 Å². The van der Waals surface area contributed by atoms with Crippen LogP contribution in [-0.2, 0) is 0 Å². The van der Waals surface area contributed by atoms with Gasteiger partial charge in [-0.15, -0.1) is 0 Å². The van der Waals surface area contributed by atoms with E-state index in [2.05, 4.69) is 35.8 Å². The predicted octanol–water partition coefficient (Wildman–Crippen LogP) is 5.94. The first-order chi connectivity index (χ1) is 17.9. The highest BCUT2D eigenvalue weighted by atomic mass is 32.2. The Bertz CT molecular complexity index is 993. The molecule has 0 saturated carbocycles. The largest absolute Gasteiger partial charge is 0.472 e. The monoisotopic (exact) mass is 526 g/mol. The third kappa shape index (κ3) is 3.75. The fraction of sp³-hybridized carbons (Fsp3) is 0.733. The summed E-state index contributed by atoms with van der Waals surface area (Å²) in [5, 5.41) is 24.4. The number of aliphatic hydroxyl groups excluding tert-OH is 2. The first-order valence-electron chi connectivity index (χ1n) is 14.5. The molecule has 5 aliphatic rings. The van der Waals surface area contributed by atoms with Crippen molar-refractivity contribution in [2.24, 2.45) is 17.3 Å². The molecule has 6 nitrogen and oxygen atoms in total. The van der Waals surface area contributed by atoms with E-state index < -0.39 is 12.5 Å². The molecule has 0 bridgehead atoms. The topological polar surface area (TPSA) is 73.2 Å². The molecule has 0 unspecified atom stereocenters. The van der Waals surface area contributed by atoms with Crippen molar-refractivity contribution in [3.05, 3.63) is 48.3 Å². The molecule has 7 heteroatoms. The number of furan rings is 2. The molecule has 5 aliphatic heterocycles. The molecule has 0 amide bonds. The van der Waals surface area contributed by atoms with Gasteiger partial charge >= 0.3 is 0 Å². The average Bonchev–Trinajstić information content (AvgIpc) is 3.68. The van der Waals surface area contributed by atoms with Crippen LogP contribution >= 0.6 is 11.8 Å². The van der Waals surface area contributed by atoms with Crippen molar-refractivity contribution in [1.29, 1.82) is 0 Å². The van der Waals surface area contributed by atoms with Gasteiger partial charge in [0.05, 0.1) is 29.8 Å². The van der Waals surface area contributed by atoms with Crippen LogP contribution in [0.1, 0.15) is 94.8 Å². The molecule has 7 rings (SSSR count).